The first-order chi connectivity index (χ1) is 8.54. The quantitative estimate of drug-likeness (QED) is 0.590. The highest BCUT2D eigenvalue weighted by atomic mass is 32.2. The van der Waals surface area contributed by atoms with E-state index in [9.17, 15) is 15.0 Å². The topological polar surface area (TPSA) is 123 Å². The summed E-state index contributed by atoms with van der Waals surface area (Å²) >= 11 is 1.24. The third-order valence-corrected chi connectivity index (χ3v) is 4.24. The van der Waals surface area contributed by atoms with Crippen molar-refractivity contribution in [1.29, 1.82) is 0 Å². The molecule has 9 heteroatoms. The summed E-state index contributed by atoms with van der Waals surface area (Å²) in [6, 6.07) is 0. The smallest absolute Gasteiger partial charge is 0.353 e. The summed E-state index contributed by atoms with van der Waals surface area (Å²) in [5.74, 6) is -0.122. The molecule has 0 bridgehead atoms. The number of thioether (sulfide) groups is 1. The molecule has 1 aliphatic heterocycles. The number of nitrogens with zero attached hydrogens (tertiary/aromatic N) is 3. The number of aliphatic hydroxyl groups is 2. The molecule has 100 valence electrons. The van der Waals surface area contributed by atoms with Gasteiger partial charge in [0.1, 0.15) is 17.8 Å². The maximum Gasteiger partial charge on any atom is 0.353 e. The van der Waals surface area contributed by atoms with Gasteiger partial charge >= 0.3 is 5.69 Å². The molecule has 4 atom stereocenters. The molecule has 2 rings (SSSR count). The van der Waals surface area contributed by atoms with Crippen LogP contribution in [0.15, 0.2) is 11.1 Å². The van der Waals surface area contributed by atoms with Gasteiger partial charge in [0.15, 0.2) is 0 Å². The van der Waals surface area contributed by atoms with Crippen LogP contribution in [-0.2, 0) is 4.74 Å². The van der Waals surface area contributed by atoms with Crippen LogP contribution in [-0.4, -0.2) is 55.9 Å². The van der Waals surface area contributed by atoms with Crippen molar-refractivity contribution < 1.29 is 14.9 Å². The fourth-order valence-electron chi connectivity index (χ4n) is 1.79. The van der Waals surface area contributed by atoms with Crippen LogP contribution in [0.25, 0.3) is 0 Å². The SMILES string of the molecule is COC[C@H]1S[C@@H](n2cnc(N)nc2=O)[C@@H](O)[C@@H]1O. The minimum Gasteiger partial charge on any atom is -0.389 e. The first-order valence-corrected chi connectivity index (χ1v) is 6.20. The van der Waals surface area contributed by atoms with Gasteiger partial charge in [-0.2, -0.15) is 4.98 Å². The maximum atomic E-state index is 11.6. The number of nitrogen functional groups attached to an aromatic ring is 1. The Balaban J connectivity index is 2.26. The predicted molar refractivity (Wildman–Crippen MR) is 65.0 cm³/mol. The lowest BCUT2D eigenvalue weighted by Gasteiger charge is -2.16. The summed E-state index contributed by atoms with van der Waals surface area (Å²) in [4.78, 5) is 18.8. The second-order valence-electron chi connectivity index (χ2n) is 3.91. The lowest BCUT2D eigenvalue weighted by Crippen LogP contribution is -2.36. The molecule has 1 aromatic rings. The van der Waals surface area contributed by atoms with E-state index in [2.05, 4.69) is 9.97 Å². The second-order valence-corrected chi connectivity index (χ2v) is 5.27. The van der Waals surface area contributed by atoms with Gasteiger partial charge in [0.25, 0.3) is 0 Å². The van der Waals surface area contributed by atoms with Gasteiger partial charge in [-0.1, -0.05) is 0 Å². The molecular formula is C9H14N4O4S. The van der Waals surface area contributed by atoms with E-state index in [0.29, 0.717) is 0 Å². The number of nitrogens with two attached hydrogens (primary N) is 1. The first-order valence-electron chi connectivity index (χ1n) is 5.25. The van der Waals surface area contributed by atoms with E-state index in [-0.39, 0.29) is 17.8 Å². The van der Waals surface area contributed by atoms with Crippen LogP contribution in [0.1, 0.15) is 5.37 Å². The van der Waals surface area contributed by atoms with E-state index in [1.54, 1.807) is 0 Å². The van der Waals surface area contributed by atoms with Crippen molar-refractivity contribution in [3.63, 3.8) is 0 Å². The number of aromatic nitrogens is 3. The Morgan fingerprint density at radius 2 is 2.28 bits per heavy atom. The maximum absolute atomic E-state index is 11.6. The summed E-state index contributed by atoms with van der Waals surface area (Å²) < 4.78 is 6.10. The van der Waals surface area contributed by atoms with Crippen LogP contribution in [0.2, 0.25) is 0 Å². The Morgan fingerprint density at radius 1 is 1.56 bits per heavy atom. The molecule has 1 aromatic heterocycles. The molecule has 0 aromatic carbocycles. The zero-order valence-electron chi connectivity index (χ0n) is 9.63. The highest BCUT2D eigenvalue weighted by Crippen LogP contribution is 2.41. The second kappa shape index (κ2) is 5.22. The molecule has 0 amide bonds. The van der Waals surface area contributed by atoms with E-state index in [1.807, 2.05) is 0 Å². The van der Waals surface area contributed by atoms with Crippen LogP contribution in [0.3, 0.4) is 0 Å². The fourth-order valence-corrected chi connectivity index (χ4v) is 3.28. The summed E-state index contributed by atoms with van der Waals surface area (Å²) in [6.07, 6.45) is -0.836. The monoisotopic (exact) mass is 274 g/mol. The van der Waals surface area contributed by atoms with Gasteiger partial charge in [-0.25, -0.2) is 9.78 Å². The lowest BCUT2D eigenvalue weighted by atomic mass is 10.1. The van der Waals surface area contributed by atoms with Gasteiger partial charge in [-0.05, 0) is 0 Å². The number of methoxy groups -OCH3 is 1. The summed E-state index contributed by atoms with van der Waals surface area (Å²) in [5.41, 5.74) is 4.68. The number of ether oxygens (including phenoxy) is 1. The van der Waals surface area contributed by atoms with E-state index >= 15 is 0 Å². The summed E-state index contributed by atoms with van der Waals surface area (Å²) in [5, 5.41) is 18.8. The Morgan fingerprint density at radius 3 is 2.89 bits per heavy atom. The molecule has 2 heterocycles. The average molecular weight is 274 g/mol. The molecule has 8 nitrogen and oxygen atoms in total. The summed E-state index contributed by atoms with van der Waals surface area (Å²) in [7, 11) is 1.51. The zero-order chi connectivity index (χ0) is 13.3. The van der Waals surface area contributed by atoms with Gasteiger partial charge in [0.2, 0.25) is 5.95 Å². The minimum atomic E-state index is -1.08. The molecule has 0 saturated carbocycles. The number of rotatable bonds is 3. The first kappa shape index (κ1) is 13.3. The average Bonchev–Trinajstić information content (AvgIpc) is 2.58. The van der Waals surface area contributed by atoms with Gasteiger partial charge in [-0.15, -0.1) is 11.8 Å². The molecule has 1 fully saturated rings. The van der Waals surface area contributed by atoms with Crippen LogP contribution in [0.4, 0.5) is 5.95 Å². The minimum absolute atomic E-state index is 0.122. The van der Waals surface area contributed by atoms with Crippen molar-refractivity contribution in [1.82, 2.24) is 14.5 Å². The van der Waals surface area contributed by atoms with Gasteiger partial charge in [-0.3, -0.25) is 4.57 Å². The molecule has 18 heavy (non-hydrogen) atoms. The van der Waals surface area contributed by atoms with Gasteiger partial charge in [0.05, 0.1) is 18.0 Å². The number of hydrogen-bond acceptors (Lipinski definition) is 8. The van der Waals surface area contributed by atoms with Crippen molar-refractivity contribution in [3.05, 3.63) is 16.8 Å². The van der Waals surface area contributed by atoms with E-state index < -0.39 is 23.3 Å². The van der Waals surface area contributed by atoms with Crippen LogP contribution >= 0.6 is 11.8 Å². The van der Waals surface area contributed by atoms with Crippen molar-refractivity contribution in [2.75, 3.05) is 19.5 Å². The number of anilines is 1. The molecule has 0 aliphatic carbocycles. The third-order valence-electron chi connectivity index (χ3n) is 2.69. The zero-order valence-corrected chi connectivity index (χ0v) is 10.4. The molecule has 4 N–H and O–H groups in total. The van der Waals surface area contributed by atoms with Crippen LogP contribution in [0.5, 0.6) is 0 Å². The Hall–Kier alpha value is -1.16. The predicted octanol–water partition coefficient (Wildman–Crippen LogP) is -1.80. The van der Waals surface area contributed by atoms with Crippen LogP contribution in [0, 0.1) is 0 Å². The molecule has 1 aliphatic rings. The molecular weight excluding hydrogens is 260 g/mol. The fraction of sp³-hybridized carbons (Fsp3) is 0.667. The lowest BCUT2D eigenvalue weighted by molar-refractivity contribution is 0.00647. The Labute approximate surface area is 107 Å². The Bertz CT molecular complexity index is 482. The largest absolute Gasteiger partial charge is 0.389 e. The van der Waals surface area contributed by atoms with Crippen molar-refractivity contribution in [3.8, 4) is 0 Å². The van der Waals surface area contributed by atoms with Crippen LogP contribution < -0.4 is 11.4 Å². The Kier molecular flexibility index (Phi) is 3.85. The standard InChI is InChI=1S/C9H14N4O4S/c1-17-2-4-5(14)6(15)7(18-4)13-3-11-8(10)12-9(13)16/h3-7,14-15H,2H2,1H3,(H2,10,12,16)/t4-,5-,6+,7-/m1/s1. The van der Waals surface area contributed by atoms with Crippen molar-refractivity contribution >= 4 is 17.7 Å². The number of aliphatic hydroxyl groups excluding tert-OH is 2. The van der Waals surface area contributed by atoms with Gasteiger partial charge in [0, 0.05) is 7.11 Å². The highest BCUT2D eigenvalue weighted by Gasteiger charge is 2.43. The summed E-state index contributed by atoms with van der Waals surface area (Å²) in [6.45, 7) is 0.282. The normalized spacial score (nSPS) is 31.7. The molecule has 0 spiro atoms. The van der Waals surface area contributed by atoms with E-state index in [4.69, 9.17) is 10.5 Å². The third kappa shape index (κ3) is 2.34. The molecule has 0 radical (unpaired) electrons. The van der Waals surface area contributed by atoms with E-state index in [1.165, 1.54) is 25.2 Å². The van der Waals surface area contributed by atoms with Crippen molar-refractivity contribution in [2.45, 2.75) is 22.8 Å². The van der Waals surface area contributed by atoms with Crippen molar-refractivity contribution in [2.24, 2.45) is 0 Å². The molecule has 0 unspecified atom stereocenters. The molecule has 1 saturated heterocycles. The van der Waals surface area contributed by atoms with Gasteiger partial charge < -0.3 is 20.7 Å². The van der Waals surface area contributed by atoms with E-state index in [0.717, 1.165) is 4.57 Å². The highest BCUT2D eigenvalue weighted by molar-refractivity contribution is 8.00. The number of hydrogen-bond donors (Lipinski definition) is 3.